The lowest BCUT2D eigenvalue weighted by Gasteiger charge is -2.19. The summed E-state index contributed by atoms with van der Waals surface area (Å²) in [6, 6.07) is 16.1. The fourth-order valence-corrected chi connectivity index (χ4v) is 2.13. The molecule has 2 aromatic carbocycles. The fourth-order valence-electron chi connectivity index (χ4n) is 2.01. The molecule has 3 heteroatoms. The van der Waals surface area contributed by atoms with Crippen molar-refractivity contribution in [1.82, 2.24) is 0 Å². The first kappa shape index (κ1) is 15.5. The number of benzene rings is 2. The maximum atomic E-state index is 5.79. The van der Waals surface area contributed by atoms with Crippen LogP contribution in [0.5, 0.6) is 5.75 Å². The Labute approximate surface area is 131 Å². The van der Waals surface area contributed by atoms with Gasteiger partial charge in [0.25, 0.3) is 0 Å². The second-order valence-electron chi connectivity index (χ2n) is 6.13. The minimum atomic E-state index is 0.171. The molecule has 110 valence electrons. The second-order valence-corrected chi connectivity index (χ2v) is 6.57. The van der Waals surface area contributed by atoms with Crippen LogP contribution in [0.1, 0.15) is 37.5 Å². The number of rotatable bonds is 4. The Kier molecular flexibility index (Phi) is 4.63. The third kappa shape index (κ3) is 4.30. The molecule has 2 aromatic rings. The monoisotopic (exact) mass is 299 g/mol. The van der Waals surface area contributed by atoms with Crippen LogP contribution in [0.2, 0.25) is 0 Å². The van der Waals surface area contributed by atoms with Crippen molar-refractivity contribution in [1.29, 1.82) is 0 Å². The lowest BCUT2D eigenvalue weighted by molar-refractivity contribution is 0.306. The predicted molar refractivity (Wildman–Crippen MR) is 91.8 cm³/mol. The van der Waals surface area contributed by atoms with Gasteiger partial charge < -0.3 is 10.5 Å². The predicted octanol–water partition coefficient (Wildman–Crippen LogP) is 4.20. The first-order valence-electron chi connectivity index (χ1n) is 6.98. The number of nitrogens with two attached hydrogens (primary N) is 1. The topological polar surface area (TPSA) is 35.2 Å². The van der Waals surface area contributed by atoms with Crippen LogP contribution in [0.3, 0.4) is 0 Å². The van der Waals surface area contributed by atoms with Gasteiger partial charge in [-0.1, -0.05) is 69.4 Å². The molecule has 21 heavy (non-hydrogen) atoms. The molecule has 0 amide bonds. The number of thiocarbonyl (C=S) groups is 1. The van der Waals surface area contributed by atoms with Crippen molar-refractivity contribution < 1.29 is 4.74 Å². The van der Waals surface area contributed by atoms with Crippen LogP contribution >= 0.6 is 12.2 Å². The van der Waals surface area contributed by atoms with Crippen molar-refractivity contribution in [2.45, 2.75) is 32.8 Å². The molecule has 2 rings (SSSR count). The van der Waals surface area contributed by atoms with E-state index < -0.39 is 0 Å². The van der Waals surface area contributed by atoms with Gasteiger partial charge in [-0.05, 0) is 28.7 Å². The van der Waals surface area contributed by atoms with E-state index in [1.807, 2.05) is 24.3 Å². The highest BCUT2D eigenvalue weighted by Gasteiger charge is 2.12. The van der Waals surface area contributed by atoms with Gasteiger partial charge in [0.2, 0.25) is 0 Å². The molecule has 0 aliphatic carbocycles. The summed E-state index contributed by atoms with van der Waals surface area (Å²) in [5.41, 5.74) is 9.08. The van der Waals surface area contributed by atoms with E-state index in [2.05, 4.69) is 45.0 Å². The van der Waals surface area contributed by atoms with Gasteiger partial charge in [0.1, 0.15) is 17.3 Å². The first-order chi connectivity index (χ1) is 9.86. The van der Waals surface area contributed by atoms with Gasteiger partial charge in [0.05, 0.1) is 0 Å². The molecular formula is C18H21NOS. The van der Waals surface area contributed by atoms with Crippen LogP contribution < -0.4 is 10.5 Å². The largest absolute Gasteiger partial charge is 0.489 e. The van der Waals surface area contributed by atoms with Gasteiger partial charge in [-0.25, -0.2) is 0 Å². The van der Waals surface area contributed by atoms with Crippen molar-refractivity contribution in [2.24, 2.45) is 5.73 Å². The van der Waals surface area contributed by atoms with Gasteiger partial charge in [-0.2, -0.15) is 0 Å². The normalized spacial score (nSPS) is 11.2. The van der Waals surface area contributed by atoms with Gasteiger partial charge in [0, 0.05) is 5.56 Å². The Morgan fingerprint density at radius 3 is 2.33 bits per heavy atom. The third-order valence-corrected chi connectivity index (χ3v) is 3.58. The summed E-state index contributed by atoms with van der Waals surface area (Å²) >= 11 is 4.97. The molecule has 2 N–H and O–H groups in total. The summed E-state index contributed by atoms with van der Waals surface area (Å²) in [5, 5.41) is 0. The molecular weight excluding hydrogens is 278 g/mol. The smallest absolute Gasteiger partial charge is 0.120 e. The molecule has 0 bridgehead atoms. The van der Waals surface area contributed by atoms with Crippen molar-refractivity contribution in [3.05, 3.63) is 65.2 Å². The highest BCUT2D eigenvalue weighted by atomic mass is 32.1. The van der Waals surface area contributed by atoms with Crippen molar-refractivity contribution >= 4 is 17.2 Å². The van der Waals surface area contributed by atoms with Crippen molar-refractivity contribution in [2.75, 3.05) is 0 Å². The van der Waals surface area contributed by atoms with E-state index in [1.165, 1.54) is 5.56 Å². The molecule has 0 saturated carbocycles. The molecule has 0 aliphatic rings. The van der Waals surface area contributed by atoms with Crippen molar-refractivity contribution in [3.63, 3.8) is 0 Å². The van der Waals surface area contributed by atoms with Crippen LogP contribution in [-0.4, -0.2) is 4.99 Å². The van der Waals surface area contributed by atoms with Crippen LogP contribution in [-0.2, 0) is 12.0 Å². The zero-order valence-electron chi connectivity index (χ0n) is 12.7. The minimum Gasteiger partial charge on any atom is -0.489 e. The van der Waals surface area contributed by atoms with Crippen LogP contribution in [0.4, 0.5) is 0 Å². The lowest BCUT2D eigenvalue weighted by Crippen LogP contribution is -2.11. The Hall–Kier alpha value is -1.87. The van der Waals surface area contributed by atoms with Crippen molar-refractivity contribution in [3.8, 4) is 5.75 Å². The van der Waals surface area contributed by atoms with Gasteiger partial charge in [0.15, 0.2) is 0 Å². The van der Waals surface area contributed by atoms with Gasteiger partial charge in [-0.15, -0.1) is 0 Å². The SMILES string of the molecule is CC(C)(C)c1ccc(COc2cccc(C(N)=S)c2)cc1. The first-order valence-corrected chi connectivity index (χ1v) is 7.39. The average Bonchev–Trinajstić information content (AvgIpc) is 2.45. The van der Waals surface area contributed by atoms with Crippen LogP contribution in [0.25, 0.3) is 0 Å². The molecule has 0 aromatic heterocycles. The van der Waals surface area contributed by atoms with E-state index >= 15 is 0 Å². The highest BCUT2D eigenvalue weighted by Crippen LogP contribution is 2.22. The van der Waals surface area contributed by atoms with E-state index in [-0.39, 0.29) is 5.41 Å². The standard InChI is InChI=1S/C18H21NOS/c1-18(2,3)15-9-7-13(8-10-15)12-20-16-6-4-5-14(11-16)17(19)21/h4-11H,12H2,1-3H3,(H2,19,21). The molecule has 0 spiro atoms. The Balaban J connectivity index is 2.03. The lowest BCUT2D eigenvalue weighted by atomic mass is 9.87. The van der Waals surface area contributed by atoms with Crippen LogP contribution in [0.15, 0.2) is 48.5 Å². The molecule has 0 saturated heterocycles. The summed E-state index contributed by atoms with van der Waals surface area (Å²) in [7, 11) is 0. The maximum absolute atomic E-state index is 5.79. The number of hydrogen-bond acceptors (Lipinski definition) is 2. The van der Waals surface area contributed by atoms with E-state index in [1.54, 1.807) is 0 Å². The molecule has 0 radical (unpaired) electrons. The van der Waals surface area contributed by atoms with Gasteiger partial charge in [-0.3, -0.25) is 0 Å². The molecule has 0 fully saturated rings. The second kappa shape index (κ2) is 6.27. The summed E-state index contributed by atoms with van der Waals surface area (Å²) in [6.07, 6.45) is 0. The molecule has 0 aliphatic heterocycles. The Bertz CT molecular complexity index is 626. The van der Waals surface area contributed by atoms with E-state index in [0.29, 0.717) is 11.6 Å². The van der Waals surface area contributed by atoms with Crippen LogP contribution in [0, 0.1) is 0 Å². The Morgan fingerprint density at radius 2 is 1.76 bits per heavy atom. The summed E-state index contributed by atoms with van der Waals surface area (Å²) in [5.74, 6) is 0.778. The quantitative estimate of drug-likeness (QED) is 0.859. The minimum absolute atomic E-state index is 0.171. The summed E-state index contributed by atoms with van der Waals surface area (Å²) < 4.78 is 5.79. The highest BCUT2D eigenvalue weighted by molar-refractivity contribution is 7.80. The van der Waals surface area contributed by atoms with E-state index in [4.69, 9.17) is 22.7 Å². The Morgan fingerprint density at radius 1 is 1.10 bits per heavy atom. The molecule has 2 nitrogen and oxygen atoms in total. The molecule has 0 unspecified atom stereocenters. The maximum Gasteiger partial charge on any atom is 0.120 e. The fraction of sp³-hybridized carbons (Fsp3) is 0.278. The van der Waals surface area contributed by atoms with Gasteiger partial charge >= 0.3 is 0 Å². The zero-order valence-corrected chi connectivity index (χ0v) is 13.5. The zero-order chi connectivity index (χ0) is 15.5. The average molecular weight is 299 g/mol. The van der Waals surface area contributed by atoms with E-state index in [9.17, 15) is 0 Å². The number of ether oxygens (including phenoxy) is 1. The molecule has 0 atom stereocenters. The third-order valence-electron chi connectivity index (χ3n) is 3.34. The molecule has 0 heterocycles. The summed E-state index contributed by atoms with van der Waals surface area (Å²) in [6.45, 7) is 7.16. The number of hydrogen-bond donors (Lipinski definition) is 1. The summed E-state index contributed by atoms with van der Waals surface area (Å²) in [4.78, 5) is 0.384. The van der Waals surface area contributed by atoms with E-state index in [0.717, 1.165) is 16.9 Å².